The van der Waals surface area contributed by atoms with Crippen molar-refractivity contribution in [3.8, 4) is 5.75 Å². The van der Waals surface area contributed by atoms with Crippen LogP contribution in [0.3, 0.4) is 0 Å². The Morgan fingerprint density at radius 2 is 2.00 bits per heavy atom. The van der Waals surface area contributed by atoms with Crippen molar-refractivity contribution in [3.05, 3.63) is 53.2 Å². The number of nitrogens with zero attached hydrogens (tertiary/aromatic N) is 4. The fourth-order valence-electron chi connectivity index (χ4n) is 2.23. The molecule has 0 aliphatic rings. The van der Waals surface area contributed by atoms with Crippen LogP contribution in [-0.2, 0) is 12.4 Å². The first-order chi connectivity index (χ1) is 12.0. The summed E-state index contributed by atoms with van der Waals surface area (Å²) in [6.45, 7) is 6.43. The second kappa shape index (κ2) is 7.60. The van der Waals surface area contributed by atoms with Crippen molar-refractivity contribution in [1.82, 2.24) is 20.0 Å². The molecule has 0 unspecified atom stereocenters. The normalized spacial score (nSPS) is 11.2. The fraction of sp³-hybridized carbons (Fsp3) is 0.353. The molecule has 0 aliphatic heterocycles. The Morgan fingerprint density at radius 1 is 1.24 bits per heavy atom. The highest BCUT2D eigenvalue weighted by atomic mass is 32.2. The molecule has 0 aliphatic carbocycles. The van der Waals surface area contributed by atoms with Crippen molar-refractivity contribution >= 4 is 11.8 Å². The lowest BCUT2D eigenvalue weighted by atomic mass is 10.0. The van der Waals surface area contributed by atoms with Crippen molar-refractivity contribution in [1.29, 1.82) is 0 Å². The van der Waals surface area contributed by atoms with E-state index >= 15 is 0 Å². The van der Waals surface area contributed by atoms with Crippen LogP contribution in [0.1, 0.15) is 42.6 Å². The van der Waals surface area contributed by atoms with Gasteiger partial charge in [-0.2, -0.15) is 0 Å². The first-order valence-corrected chi connectivity index (χ1v) is 8.98. The van der Waals surface area contributed by atoms with Gasteiger partial charge in [-0.1, -0.05) is 42.9 Å². The lowest BCUT2D eigenvalue weighted by Gasteiger charge is -2.08. The van der Waals surface area contributed by atoms with Crippen molar-refractivity contribution < 1.29 is 9.26 Å². The number of nitrogens with two attached hydrogens (primary N) is 1. The van der Waals surface area contributed by atoms with Gasteiger partial charge in [0.15, 0.2) is 5.82 Å². The van der Waals surface area contributed by atoms with Gasteiger partial charge in [-0.15, -0.1) is 10.2 Å². The van der Waals surface area contributed by atoms with E-state index in [0.717, 1.165) is 17.2 Å². The predicted molar refractivity (Wildman–Crippen MR) is 95.8 cm³/mol. The molecule has 3 rings (SSSR count). The summed E-state index contributed by atoms with van der Waals surface area (Å²) in [7, 11) is 0. The highest BCUT2D eigenvalue weighted by molar-refractivity contribution is 7.98. The summed E-state index contributed by atoms with van der Waals surface area (Å²) in [5.41, 5.74) is 2.12. The summed E-state index contributed by atoms with van der Waals surface area (Å²) in [6, 6.07) is 9.92. The minimum absolute atomic E-state index is 0.258. The SMILES string of the molecule is Cc1cc(CSc2nnc(COc3ccc(C(C)C)cc3)n2N)no1. The molecule has 7 nitrogen and oxygen atoms in total. The van der Waals surface area contributed by atoms with Crippen LogP contribution in [-0.4, -0.2) is 20.0 Å². The van der Waals surface area contributed by atoms with Crippen LogP contribution in [0.2, 0.25) is 0 Å². The third-order valence-corrected chi connectivity index (χ3v) is 4.65. The van der Waals surface area contributed by atoms with Crippen molar-refractivity contribution in [3.63, 3.8) is 0 Å². The number of aromatic nitrogens is 4. The number of ether oxygens (including phenoxy) is 1. The van der Waals surface area contributed by atoms with Gasteiger partial charge in [0.1, 0.15) is 18.1 Å². The molecule has 0 bridgehead atoms. The molecule has 132 valence electrons. The monoisotopic (exact) mass is 359 g/mol. The molecule has 2 aromatic heterocycles. The van der Waals surface area contributed by atoms with E-state index < -0.39 is 0 Å². The minimum Gasteiger partial charge on any atom is -0.486 e. The standard InChI is InChI=1S/C17H21N5O2S/c1-11(2)13-4-6-15(7-5-13)23-9-16-19-20-17(22(16)18)25-10-14-8-12(3)24-21-14/h4-8,11H,9-10,18H2,1-3H3. The maximum atomic E-state index is 6.05. The molecule has 0 spiro atoms. The topological polar surface area (TPSA) is 92.0 Å². The van der Waals surface area contributed by atoms with Gasteiger partial charge < -0.3 is 15.1 Å². The van der Waals surface area contributed by atoms with E-state index in [1.165, 1.54) is 22.0 Å². The van der Waals surface area contributed by atoms with E-state index in [9.17, 15) is 0 Å². The zero-order chi connectivity index (χ0) is 17.8. The Kier molecular flexibility index (Phi) is 5.28. The lowest BCUT2D eigenvalue weighted by Crippen LogP contribution is -2.15. The Bertz CT molecular complexity index is 826. The van der Waals surface area contributed by atoms with Gasteiger partial charge in [-0.3, -0.25) is 0 Å². The van der Waals surface area contributed by atoms with Gasteiger partial charge in [-0.05, 0) is 30.5 Å². The lowest BCUT2D eigenvalue weighted by molar-refractivity contribution is 0.291. The molecular formula is C17H21N5O2S. The predicted octanol–water partition coefficient (Wildman–Crippen LogP) is 3.28. The fourth-order valence-corrected chi connectivity index (χ4v) is 2.98. The third kappa shape index (κ3) is 4.33. The molecule has 1 aromatic carbocycles. The van der Waals surface area contributed by atoms with Crippen molar-refractivity contribution in [2.75, 3.05) is 5.84 Å². The van der Waals surface area contributed by atoms with Crippen LogP contribution in [0.15, 0.2) is 40.0 Å². The minimum atomic E-state index is 0.258. The van der Waals surface area contributed by atoms with Crippen LogP contribution in [0, 0.1) is 6.92 Å². The molecule has 2 heterocycles. The van der Waals surface area contributed by atoms with Crippen LogP contribution in [0.4, 0.5) is 0 Å². The average Bonchev–Trinajstić information content (AvgIpc) is 3.17. The number of benzene rings is 1. The van der Waals surface area contributed by atoms with Gasteiger partial charge in [0, 0.05) is 11.8 Å². The Balaban J connectivity index is 1.57. The number of hydrogen-bond acceptors (Lipinski definition) is 7. The summed E-state index contributed by atoms with van der Waals surface area (Å²) in [5, 5.41) is 12.7. The molecule has 0 atom stereocenters. The van der Waals surface area contributed by atoms with E-state index in [1.807, 2.05) is 25.1 Å². The molecule has 0 saturated heterocycles. The largest absolute Gasteiger partial charge is 0.486 e. The zero-order valence-electron chi connectivity index (χ0n) is 14.5. The van der Waals surface area contributed by atoms with Crippen molar-refractivity contribution in [2.24, 2.45) is 0 Å². The molecule has 0 amide bonds. The second-order valence-corrected chi connectivity index (χ2v) is 6.94. The van der Waals surface area contributed by atoms with Crippen LogP contribution < -0.4 is 10.6 Å². The smallest absolute Gasteiger partial charge is 0.210 e. The number of aryl methyl sites for hydroxylation is 1. The Hall–Kier alpha value is -2.48. The molecule has 25 heavy (non-hydrogen) atoms. The summed E-state index contributed by atoms with van der Waals surface area (Å²) in [6.07, 6.45) is 0. The van der Waals surface area contributed by atoms with Gasteiger partial charge in [0.05, 0.1) is 5.69 Å². The van der Waals surface area contributed by atoms with E-state index in [-0.39, 0.29) is 6.61 Å². The molecule has 3 aromatic rings. The summed E-state index contributed by atoms with van der Waals surface area (Å²) < 4.78 is 12.2. The molecule has 0 radical (unpaired) electrons. The second-order valence-electron chi connectivity index (χ2n) is 6.00. The molecule has 0 saturated carbocycles. The van der Waals surface area contributed by atoms with E-state index in [4.69, 9.17) is 15.1 Å². The molecule has 2 N–H and O–H groups in total. The maximum absolute atomic E-state index is 6.05. The number of thioether (sulfide) groups is 1. The van der Waals surface area contributed by atoms with E-state index in [2.05, 4.69) is 41.3 Å². The number of nitrogen functional groups attached to an aromatic ring is 1. The Labute approximate surface area is 150 Å². The summed E-state index contributed by atoms with van der Waals surface area (Å²) in [4.78, 5) is 0. The van der Waals surface area contributed by atoms with Crippen LogP contribution in [0.25, 0.3) is 0 Å². The number of hydrogen-bond donors (Lipinski definition) is 1. The highest BCUT2D eigenvalue weighted by Crippen LogP contribution is 2.22. The zero-order valence-corrected chi connectivity index (χ0v) is 15.3. The van der Waals surface area contributed by atoms with E-state index in [0.29, 0.717) is 22.7 Å². The van der Waals surface area contributed by atoms with Gasteiger partial charge in [0.2, 0.25) is 5.16 Å². The van der Waals surface area contributed by atoms with Gasteiger partial charge in [0.25, 0.3) is 0 Å². The first kappa shape index (κ1) is 17.3. The molecular weight excluding hydrogens is 338 g/mol. The average molecular weight is 359 g/mol. The van der Waals surface area contributed by atoms with Crippen LogP contribution >= 0.6 is 11.8 Å². The van der Waals surface area contributed by atoms with Gasteiger partial charge >= 0.3 is 0 Å². The first-order valence-electron chi connectivity index (χ1n) is 8.00. The third-order valence-electron chi connectivity index (χ3n) is 3.68. The summed E-state index contributed by atoms with van der Waals surface area (Å²) >= 11 is 1.45. The quantitative estimate of drug-likeness (QED) is 0.511. The van der Waals surface area contributed by atoms with E-state index in [1.54, 1.807) is 0 Å². The number of rotatable bonds is 7. The summed E-state index contributed by atoms with van der Waals surface area (Å²) in [5.74, 6) is 9.28. The Morgan fingerprint density at radius 3 is 2.64 bits per heavy atom. The highest BCUT2D eigenvalue weighted by Gasteiger charge is 2.12. The van der Waals surface area contributed by atoms with Crippen LogP contribution in [0.5, 0.6) is 5.75 Å². The van der Waals surface area contributed by atoms with Crippen molar-refractivity contribution in [2.45, 2.75) is 44.2 Å². The maximum Gasteiger partial charge on any atom is 0.210 e. The molecule has 8 heteroatoms. The van der Waals surface area contributed by atoms with Gasteiger partial charge in [-0.25, -0.2) is 4.68 Å². The molecule has 0 fully saturated rings.